The van der Waals surface area contributed by atoms with E-state index in [-0.39, 0.29) is 29.4 Å². The van der Waals surface area contributed by atoms with Crippen molar-refractivity contribution < 1.29 is 31.8 Å². The third-order valence-corrected chi connectivity index (χ3v) is 4.88. The lowest BCUT2D eigenvalue weighted by Gasteiger charge is -2.12. The van der Waals surface area contributed by atoms with E-state index in [2.05, 4.69) is 20.0 Å². The Kier molecular flexibility index (Phi) is 6.95. The molecule has 4 rings (SSSR count). The zero-order valence-electron chi connectivity index (χ0n) is 18.2. The molecule has 0 atom stereocenters. The fourth-order valence-electron chi connectivity index (χ4n) is 3.31. The Bertz CT molecular complexity index is 1310. The molecule has 0 unspecified atom stereocenters. The number of methoxy groups -OCH3 is 1. The highest BCUT2D eigenvalue weighted by atomic mass is 19.3. The molecule has 1 amide bonds. The molecule has 1 N–H and O–H groups in total. The second-order valence-electron chi connectivity index (χ2n) is 7.22. The third-order valence-electron chi connectivity index (χ3n) is 4.88. The van der Waals surface area contributed by atoms with Gasteiger partial charge in [-0.3, -0.25) is 19.7 Å². The Morgan fingerprint density at radius 3 is 2.34 bits per heavy atom. The number of alkyl halides is 2. The number of pyridine rings is 1. The zero-order chi connectivity index (χ0) is 24.9. The topological polar surface area (TPSA) is 78.3 Å². The predicted molar refractivity (Wildman–Crippen MR) is 118 cm³/mol. The third kappa shape index (κ3) is 5.57. The molecular formula is C24H18F4N4O3. The van der Waals surface area contributed by atoms with Crippen molar-refractivity contribution in [2.45, 2.75) is 13.0 Å². The monoisotopic (exact) mass is 486 g/mol. The minimum absolute atomic E-state index is 0.0192. The molecular weight excluding hydrogens is 468 g/mol. The predicted octanol–water partition coefficient (Wildman–Crippen LogP) is 5.00. The average Bonchev–Trinajstić information content (AvgIpc) is 3.20. The molecule has 0 aliphatic carbocycles. The van der Waals surface area contributed by atoms with Gasteiger partial charge in [-0.05, 0) is 36.4 Å². The van der Waals surface area contributed by atoms with Crippen LogP contribution in [0.15, 0.2) is 67.0 Å². The number of nitrogens with zero attached hydrogens (tertiary/aromatic N) is 3. The fourth-order valence-corrected chi connectivity index (χ4v) is 3.31. The summed E-state index contributed by atoms with van der Waals surface area (Å²) in [7, 11) is 1.28. The molecule has 2 aromatic heterocycles. The van der Waals surface area contributed by atoms with Crippen LogP contribution in [0.25, 0.3) is 5.69 Å². The van der Waals surface area contributed by atoms with E-state index in [1.165, 1.54) is 37.6 Å². The van der Waals surface area contributed by atoms with Crippen molar-refractivity contribution in [3.8, 4) is 17.2 Å². The van der Waals surface area contributed by atoms with E-state index in [1.807, 2.05) is 0 Å². The highest BCUT2D eigenvalue weighted by Crippen LogP contribution is 2.28. The number of imidazole rings is 1. The van der Waals surface area contributed by atoms with Crippen LogP contribution in [0.3, 0.4) is 0 Å². The van der Waals surface area contributed by atoms with Gasteiger partial charge in [0.25, 0.3) is 5.91 Å². The minimum atomic E-state index is -3.01. The van der Waals surface area contributed by atoms with Crippen LogP contribution < -0.4 is 14.8 Å². The Hall–Kier alpha value is -4.41. The molecule has 2 aromatic carbocycles. The van der Waals surface area contributed by atoms with Gasteiger partial charge in [0.1, 0.15) is 17.2 Å². The molecule has 0 bridgehead atoms. The summed E-state index contributed by atoms with van der Waals surface area (Å²) in [6.45, 7) is -3.01. The van der Waals surface area contributed by atoms with Crippen LogP contribution in [0, 0.1) is 11.6 Å². The number of amides is 1. The van der Waals surface area contributed by atoms with Gasteiger partial charge in [0.05, 0.1) is 12.8 Å². The molecule has 0 fully saturated rings. The van der Waals surface area contributed by atoms with Crippen LogP contribution in [-0.4, -0.2) is 34.2 Å². The largest absolute Gasteiger partial charge is 0.497 e. The normalized spacial score (nSPS) is 10.9. The molecule has 0 aliphatic rings. The van der Waals surface area contributed by atoms with Gasteiger partial charge < -0.3 is 9.47 Å². The van der Waals surface area contributed by atoms with Crippen molar-refractivity contribution in [2.24, 2.45) is 0 Å². The summed E-state index contributed by atoms with van der Waals surface area (Å²) in [5, 5.41) is 2.51. The SMILES string of the molecule is COc1cc(F)c(-n2cc(Cc3ccccn3)nc2NC(=O)c2ccc(OC(F)F)cc2)c(F)c1. The highest BCUT2D eigenvalue weighted by molar-refractivity contribution is 6.03. The number of anilines is 1. The number of nitrogens with one attached hydrogen (secondary N) is 1. The van der Waals surface area contributed by atoms with E-state index in [1.54, 1.807) is 24.4 Å². The summed E-state index contributed by atoms with van der Waals surface area (Å²) in [4.78, 5) is 21.3. The lowest BCUT2D eigenvalue weighted by atomic mass is 10.2. The molecule has 2 heterocycles. The number of hydrogen-bond acceptors (Lipinski definition) is 5. The molecule has 0 saturated carbocycles. The van der Waals surface area contributed by atoms with Crippen molar-refractivity contribution in [1.82, 2.24) is 14.5 Å². The summed E-state index contributed by atoms with van der Waals surface area (Å²) in [5.41, 5.74) is 0.652. The molecule has 0 saturated heterocycles. The van der Waals surface area contributed by atoms with Gasteiger partial charge >= 0.3 is 6.61 Å². The van der Waals surface area contributed by atoms with Gasteiger partial charge in [0, 0.05) is 42.2 Å². The maximum Gasteiger partial charge on any atom is 0.387 e. The van der Waals surface area contributed by atoms with Crippen LogP contribution in [0.1, 0.15) is 21.7 Å². The summed E-state index contributed by atoms with van der Waals surface area (Å²) >= 11 is 0. The smallest absolute Gasteiger partial charge is 0.387 e. The molecule has 180 valence electrons. The quantitative estimate of drug-likeness (QED) is 0.355. The number of halogens is 4. The van der Waals surface area contributed by atoms with Crippen molar-refractivity contribution >= 4 is 11.9 Å². The van der Waals surface area contributed by atoms with Crippen LogP contribution >= 0.6 is 0 Å². The molecule has 0 spiro atoms. The van der Waals surface area contributed by atoms with Crippen LogP contribution in [0.4, 0.5) is 23.5 Å². The Labute approximate surface area is 197 Å². The summed E-state index contributed by atoms with van der Waals surface area (Å²) < 4.78 is 64.6. The number of carbonyl (C=O) groups is 1. The Balaban J connectivity index is 1.69. The molecule has 4 aromatic rings. The van der Waals surface area contributed by atoms with Crippen molar-refractivity contribution in [2.75, 3.05) is 12.4 Å². The number of aromatic nitrogens is 3. The second kappa shape index (κ2) is 10.2. The van der Waals surface area contributed by atoms with E-state index >= 15 is 0 Å². The number of ether oxygens (including phenoxy) is 2. The van der Waals surface area contributed by atoms with Crippen molar-refractivity contribution in [1.29, 1.82) is 0 Å². The van der Waals surface area contributed by atoms with E-state index in [0.717, 1.165) is 16.7 Å². The molecule has 7 nitrogen and oxygen atoms in total. The summed E-state index contributed by atoms with van der Waals surface area (Å²) in [5.74, 6) is -2.86. The fraction of sp³-hybridized carbons (Fsp3) is 0.125. The summed E-state index contributed by atoms with van der Waals surface area (Å²) in [6.07, 6.45) is 3.22. The van der Waals surface area contributed by atoms with Crippen LogP contribution in [0.2, 0.25) is 0 Å². The summed E-state index contributed by atoms with van der Waals surface area (Å²) in [6, 6.07) is 12.2. The first-order valence-electron chi connectivity index (χ1n) is 10.2. The zero-order valence-corrected chi connectivity index (χ0v) is 18.2. The van der Waals surface area contributed by atoms with E-state index in [9.17, 15) is 22.4 Å². The van der Waals surface area contributed by atoms with E-state index in [0.29, 0.717) is 11.4 Å². The molecule has 0 radical (unpaired) electrons. The number of hydrogen-bond donors (Lipinski definition) is 1. The minimum Gasteiger partial charge on any atom is -0.497 e. The molecule has 0 aliphatic heterocycles. The van der Waals surface area contributed by atoms with E-state index < -0.39 is 29.8 Å². The maximum absolute atomic E-state index is 14.8. The van der Waals surface area contributed by atoms with Gasteiger partial charge in [-0.2, -0.15) is 8.78 Å². The standard InChI is InChI=1S/C24H18F4N4O3/c1-34-18-11-19(25)21(20(26)12-18)32-13-16(10-15-4-2-3-9-29-15)30-24(32)31-22(33)14-5-7-17(8-6-14)35-23(27)28/h2-9,11-13,23H,10H2,1H3,(H,30,31,33). The van der Waals surface area contributed by atoms with Gasteiger partial charge in [0.2, 0.25) is 5.95 Å². The molecule has 35 heavy (non-hydrogen) atoms. The van der Waals surface area contributed by atoms with Crippen molar-refractivity contribution in [3.05, 3.63) is 95.6 Å². The second-order valence-corrected chi connectivity index (χ2v) is 7.22. The van der Waals surface area contributed by atoms with Gasteiger partial charge in [0.15, 0.2) is 11.6 Å². The van der Waals surface area contributed by atoms with Gasteiger partial charge in [-0.25, -0.2) is 13.8 Å². The highest BCUT2D eigenvalue weighted by Gasteiger charge is 2.21. The number of rotatable bonds is 8. The lowest BCUT2D eigenvalue weighted by molar-refractivity contribution is -0.0498. The molecule has 11 heteroatoms. The maximum atomic E-state index is 14.8. The average molecular weight is 486 g/mol. The first kappa shape index (κ1) is 23.7. The first-order chi connectivity index (χ1) is 16.8. The van der Waals surface area contributed by atoms with Crippen molar-refractivity contribution in [3.63, 3.8) is 0 Å². The Morgan fingerprint density at radius 1 is 1.03 bits per heavy atom. The number of benzene rings is 2. The van der Waals surface area contributed by atoms with Crippen LogP contribution in [-0.2, 0) is 6.42 Å². The first-order valence-corrected chi connectivity index (χ1v) is 10.2. The van der Waals surface area contributed by atoms with Gasteiger partial charge in [-0.15, -0.1) is 0 Å². The number of carbonyl (C=O) groups excluding carboxylic acids is 1. The Morgan fingerprint density at radius 2 is 1.74 bits per heavy atom. The van der Waals surface area contributed by atoms with Crippen LogP contribution in [0.5, 0.6) is 11.5 Å². The lowest BCUT2D eigenvalue weighted by Crippen LogP contribution is -2.16. The van der Waals surface area contributed by atoms with E-state index in [4.69, 9.17) is 4.74 Å². The van der Waals surface area contributed by atoms with Gasteiger partial charge in [-0.1, -0.05) is 6.07 Å².